The highest BCUT2D eigenvalue weighted by Gasteiger charge is 2.76. The largest absolute Gasteiger partial charge is 0.494 e. The highest BCUT2D eigenvalue weighted by Crippen LogP contribution is 2.64. The predicted octanol–water partition coefficient (Wildman–Crippen LogP) is 5.91. The molecule has 1 aliphatic rings. The molecule has 0 bridgehead atoms. The van der Waals surface area contributed by atoms with E-state index >= 15 is 0 Å². The number of ether oxygens (including phenoxy) is 2. The number of benzene rings is 2. The van der Waals surface area contributed by atoms with Crippen molar-refractivity contribution >= 4 is 5.97 Å². The van der Waals surface area contributed by atoms with E-state index in [2.05, 4.69) is 5.32 Å². The van der Waals surface area contributed by atoms with Crippen LogP contribution in [0.1, 0.15) is 36.8 Å². The van der Waals surface area contributed by atoms with Crippen LogP contribution in [0.4, 0.5) is 26.3 Å². The number of nitrogens with one attached hydrogen (secondary N) is 1. The van der Waals surface area contributed by atoms with Gasteiger partial charge in [-0.25, -0.2) is 0 Å². The molecular formula is C24H25F6NO3. The van der Waals surface area contributed by atoms with Crippen LogP contribution in [0, 0.1) is 5.41 Å². The molecule has 10 heteroatoms. The van der Waals surface area contributed by atoms with E-state index in [9.17, 15) is 31.1 Å². The summed E-state index contributed by atoms with van der Waals surface area (Å²) < 4.78 is 91.4. The monoisotopic (exact) mass is 489 g/mol. The molecular weight excluding hydrogens is 464 g/mol. The summed E-state index contributed by atoms with van der Waals surface area (Å²) in [4.78, 5) is 12.6. The van der Waals surface area contributed by atoms with Gasteiger partial charge in [-0.3, -0.25) is 10.1 Å². The van der Waals surface area contributed by atoms with Crippen LogP contribution < -0.4 is 10.1 Å². The third-order valence-corrected chi connectivity index (χ3v) is 6.03. The Hall–Kier alpha value is -2.75. The van der Waals surface area contributed by atoms with Crippen molar-refractivity contribution in [3.63, 3.8) is 0 Å². The molecule has 3 rings (SSSR count). The van der Waals surface area contributed by atoms with Crippen molar-refractivity contribution in [2.45, 2.75) is 50.1 Å². The van der Waals surface area contributed by atoms with Crippen molar-refractivity contribution in [2.75, 3.05) is 13.7 Å². The first kappa shape index (κ1) is 25.9. The summed E-state index contributed by atoms with van der Waals surface area (Å²) in [7, 11) is 1.05. The zero-order valence-corrected chi connectivity index (χ0v) is 18.4. The van der Waals surface area contributed by atoms with Crippen molar-refractivity contribution in [1.82, 2.24) is 5.32 Å². The lowest BCUT2D eigenvalue weighted by molar-refractivity contribution is -0.229. The van der Waals surface area contributed by atoms with Gasteiger partial charge in [0, 0.05) is 13.0 Å². The summed E-state index contributed by atoms with van der Waals surface area (Å²) in [5.41, 5.74) is -4.19. The number of esters is 1. The summed E-state index contributed by atoms with van der Waals surface area (Å²) in [6.07, 6.45) is -10.5. The maximum absolute atomic E-state index is 14.8. The van der Waals surface area contributed by atoms with Crippen LogP contribution in [-0.2, 0) is 21.6 Å². The fraction of sp³-hybridized carbons (Fsp3) is 0.458. The first-order chi connectivity index (χ1) is 16.0. The lowest BCUT2D eigenvalue weighted by Gasteiger charge is -2.42. The molecule has 34 heavy (non-hydrogen) atoms. The molecule has 1 fully saturated rings. The fourth-order valence-corrected chi connectivity index (χ4v) is 4.23. The normalized spacial score (nSPS) is 17.0. The molecule has 2 aromatic carbocycles. The van der Waals surface area contributed by atoms with Gasteiger partial charge < -0.3 is 9.47 Å². The van der Waals surface area contributed by atoms with Gasteiger partial charge in [0.25, 0.3) is 0 Å². The third-order valence-electron chi connectivity index (χ3n) is 6.03. The minimum atomic E-state index is -4.87. The second kappa shape index (κ2) is 9.85. The molecule has 4 nitrogen and oxygen atoms in total. The molecule has 1 aliphatic carbocycles. The summed E-state index contributed by atoms with van der Waals surface area (Å²) in [6.45, 7) is -0.392. The van der Waals surface area contributed by atoms with E-state index in [0.717, 1.165) is 7.11 Å². The number of hydrogen-bond acceptors (Lipinski definition) is 4. The van der Waals surface area contributed by atoms with Gasteiger partial charge in [0.05, 0.1) is 19.1 Å². The average Bonchev–Trinajstić information content (AvgIpc) is 3.59. The summed E-state index contributed by atoms with van der Waals surface area (Å²) in [6, 6.07) is 13.4. The zero-order chi connectivity index (χ0) is 25.0. The number of carbonyl (C=O) groups is 1. The minimum absolute atomic E-state index is 0.0172. The molecule has 1 saturated carbocycles. The lowest BCUT2D eigenvalue weighted by atomic mass is 9.74. The number of alkyl halides is 6. The van der Waals surface area contributed by atoms with E-state index in [-0.39, 0.29) is 43.7 Å². The van der Waals surface area contributed by atoms with Crippen molar-refractivity contribution in [1.29, 1.82) is 0 Å². The Labute approximate surface area is 193 Å². The van der Waals surface area contributed by atoms with E-state index in [0.29, 0.717) is 5.56 Å². The van der Waals surface area contributed by atoms with Crippen molar-refractivity contribution in [3.8, 4) is 5.75 Å². The molecule has 0 radical (unpaired) electrons. The van der Waals surface area contributed by atoms with Gasteiger partial charge in [-0.05, 0) is 42.5 Å². The van der Waals surface area contributed by atoms with Crippen LogP contribution in [0.2, 0.25) is 0 Å². The highest BCUT2D eigenvalue weighted by molar-refractivity contribution is 5.82. The van der Waals surface area contributed by atoms with Crippen molar-refractivity contribution in [3.05, 3.63) is 65.7 Å². The second-order valence-electron chi connectivity index (χ2n) is 8.25. The maximum atomic E-state index is 14.8. The Balaban J connectivity index is 1.92. The van der Waals surface area contributed by atoms with Crippen molar-refractivity contribution in [2.24, 2.45) is 5.41 Å². The molecule has 1 N–H and O–H groups in total. The van der Waals surface area contributed by atoms with Crippen LogP contribution in [-0.4, -0.2) is 32.0 Å². The molecule has 186 valence electrons. The number of carbonyl (C=O) groups excluding carboxylic acids is 1. The molecule has 1 atom stereocenters. The maximum Gasteiger partial charge on any atom is 0.411 e. The number of hydrogen-bond donors (Lipinski definition) is 1. The lowest BCUT2D eigenvalue weighted by Crippen LogP contribution is -2.62. The standard InChI is InChI=1S/C24H25F6NO3/c1-33-20(32)21(13-14-21)23(24(28,29)30,31-16-17-6-3-2-4-7-17)18-8-10-19(11-9-18)34-15-5-12-22(25,26)27/h2-4,6-11,31H,5,12-16H2,1H3. The predicted molar refractivity (Wildman–Crippen MR) is 112 cm³/mol. The molecule has 0 amide bonds. The smallest absolute Gasteiger partial charge is 0.411 e. The summed E-state index contributed by atoms with van der Waals surface area (Å²) >= 11 is 0. The van der Waals surface area contributed by atoms with Crippen molar-refractivity contribution < 1.29 is 40.6 Å². The first-order valence-corrected chi connectivity index (χ1v) is 10.7. The zero-order valence-electron chi connectivity index (χ0n) is 18.4. The molecule has 0 aromatic heterocycles. The average molecular weight is 489 g/mol. The quantitative estimate of drug-likeness (QED) is 0.256. The third kappa shape index (κ3) is 5.32. The summed E-state index contributed by atoms with van der Waals surface area (Å²) in [5, 5.41) is 2.62. The fourth-order valence-electron chi connectivity index (χ4n) is 4.23. The molecule has 1 unspecified atom stereocenters. The van der Waals surface area contributed by atoms with E-state index in [1.807, 2.05) is 0 Å². The number of methoxy groups -OCH3 is 1. The topological polar surface area (TPSA) is 47.6 Å². The van der Waals surface area contributed by atoms with E-state index in [1.54, 1.807) is 30.3 Å². The number of rotatable bonds is 10. The van der Waals surface area contributed by atoms with Crippen LogP contribution in [0.15, 0.2) is 54.6 Å². The van der Waals surface area contributed by atoms with Crippen LogP contribution >= 0.6 is 0 Å². The van der Waals surface area contributed by atoms with Gasteiger partial charge >= 0.3 is 18.3 Å². The van der Waals surface area contributed by atoms with Crippen LogP contribution in [0.25, 0.3) is 0 Å². The Kier molecular flexibility index (Phi) is 7.50. The van der Waals surface area contributed by atoms with Gasteiger partial charge in [-0.15, -0.1) is 0 Å². The Bertz CT molecular complexity index is 955. The van der Waals surface area contributed by atoms with Crippen LogP contribution in [0.3, 0.4) is 0 Å². The molecule has 0 aliphatic heterocycles. The van der Waals surface area contributed by atoms with E-state index in [1.165, 1.54) is 24.3 Å². The van der Waals surface area contributed by atoms with Gasteiger partial charge in [0.15, 0.2) is 5.54 Å². The Morgan fingerprint density at radius 1 is 0.971 bits per heavy atom. The molecule has 0 saturated heterocycles. The molecule has 0 heterocycles. The van der Waals surface area contributed by atoms with Gasteiger partial charge in [0.1, 0.15) is 5.75 Å². The van der Waals surface area contributed by atoms with Crippen LogP contribution in [0.5, 0.6) is 5.75 Å². The second-order valence-corrected chi connectivity index (χ2v) is 8.25. The van der Waals surface area contributed by atoms with E-state index in [4.69, 9.17) is 9.47 Å². The first-order valence-electron chi connectivity index (χ1n) is 10.7. The highest BCUT2D eigenvalue weighted by atomic mass is 19.4. The molecule has 0 spiro atoms. The summed E-state index contributed by atoms with van der Waals surface area (Å²) in [5.74, 6) is -0.828. The van der Waals surface area contributed by atoms with Gasteiger partial charge in [0.2, 0.25) is 0 Å². The molecule has 2 aromatic rings. The minimum Gasteiger partial charge on any atom is -0.494 e. The SMILES string of the molecule is COC(=O)C1(C(NCc2ccccc2)(c2ccc(OCCCC(F)(F)F)cc2)C(F)(F)F)CC1. The van der Waals surface area contributed by atoms with E-state index < -0.39 is 35.7 Å². The number of halogens is 6. The van der Waals surface area contributed by atoms with Gasteiger partial charge in [-0.2, -0.15) is 26.3 Å². The van der Waals surface area contributed by atoms with Gasteiger partial charge in [-0.1, -0.05) is 42.5 Å². The Morgan fingerprint density at radius 2 is 1.59 bits per heavy atom. The Morgan fingerprint density at radius 3 is 2.09 bits per heavy atom.